The van der Waals surface area contributed by atoms with E-state index in [1.54, 1.807) is 11.8 Å². The number of rotatable bonds is 5. The van der Waals surface area contributed by atoms with Crippen LogP contribution in [0.3, 0.4) is 0 Å². The lowest BCUT2D eigenvalue weighted by molar-refractivity contribution is 0.0954. The van der Waals surface area contributed by atoms with Crippen LogP contribution in [0, 0.1) is 11.8 Å². The number of carbonyl (C=O) groups excluding carboxylic acids is 1. The number of hydrazone groups is 1. The van der Waals surface area contributed by atoms with Gasteiger partial charge in [-0.05, 0) is 60.7 Å². The first kappa shape index (κ1) is 17.4. The monoisotopic (exact) mass is 382 g/mol. The fourth-order valence-electron chi connectivity index (χ4n) is 3.30. The fourth-order valence-corrected chi connectivity index (χ4v) is 4.28. The molecule has 0 unspecified atom stereocenters. The summed E-state index contributed by atoms with van der Waals surface area (Å²) in [5, 5.41) is 5.05. The molecular formula is C21H19ClN2OS. The number of thioether (sulfide) groups is 1. The normalized spacial score (nSPS) is 22.1. The number of nitrogens with zero attached hydrogens (tertiary/aromatic N) is 1. The Morgan fingerprint density at radius 1 is 1.15 bits per heavy atom. The van der Waals surface area contributed by atoms with Crippen molar-refractivity contribution in [1.29, 1.82) is 0 Å². The Balaban J connectivity index is 1.30. The quantitative estimate of drug-likeness (QED) is 0.432. The number of fused-ring (bicyclic) bond motifs is 1. The van der Waals surface area contributed by atoms with Gasteiger partial charge in [-0.25, -0.2) is 5.43 Å². The van der Waals surface area contributed by atoms with Crippen LogP contribution in [0.1, 0.15) is 28.8 Å². The average Bonchev–Trinajstić information content (AvgIpc) is 3.02. The Kier molecular flexibility index (Phi) is 5.14. The van der Waals surface area contributed by atoms with Crippen molar-refractivity contribution in [3.05, 3.63) is 76.8 Å². The minimum atomic E-state index is -0.153. The summed E-state index contributed by atoms with van der Waals surface area (Å²) in [6.07, 6.45) is 6.55. The van der Waals surface area contributed by atoms with Crippen molar-refractivity contribution < 1.29 is 4.79 Å². The van der Waals surface area contributed by atoms with Gasteiger partial charge in [-0.15, -0.1) is 11.8 Å². The number of allylic oxidation sites excluding steroid dienone is 2. The number of hydrogen-bond donors (Lipinski definition) is 1. The Morgan fingerprint density at radius 2 is 1.92 bits per heavy atom. The molecule has 0 aromatic heterocycles. The van der Waals surface area contributed by atoms with Crippen molar-refractivity contribution in [3.63, 3.8) is 0 Å². The molecule has 132 valence electrons. The van der Waals surface area contributed by atoms with Gasteiger partial charge >= 0.3 is 0 Å². The van der Waals surface area contributed by atoms with E-state index in [2.05, 4.69) is 22.7 Å². The number of nitrogens with one attached hydrogen (secondary N) is 1. The largest absolute Gasteiger partial charge is 0.271 e. The summed E-state index contributed by atoms with van der Waals surface area (Å²) in [7, 11) is 0. The summed E-state index contributed by atoms with van der Waals surface area (Å²) in [4.78, 5) is 13.4. The summed E-state index contributed by atoms with van der Waals surface area (Å²) < 4.78 is 0. The van der Waals surface area contributed by atoms with Gasteiger partial charge in [0.2, 0.25) is 0 Å². The average molecular weight is 383 g/mol. The van der Waals surface area contributed by atoms with Crippen LogP contribution in [-0.2, 0) is 5.75 Å². The molecule has 5 heteroatoms. The maximum absolute atomic E-state index is 12.2. The van der Waals surface area contributed by atoms with Crippen molar-refractivity contribution in [2.75, 3.05) is 0 Å². The molecule has 2 atom stereocenters. The number of hydrogen-bond acceptors (Lipinski definition) is 3. The summed E-state index contributed by atoms with van der Waals surface area (Å²) in [6.45, 7) is 0. The van der Waals surface area contributed by atoms with Crippen LogP contribution in [-0.4, -0.2) is 11.6 Å². The van der Waals surface area contributed by atoms with Crippen LogP contribution in [0.2, 0.25) is 5.02 Å². The molecule has 1 amide bonds. The van der Waals surface area contributed by atoms with E-state index in [1.165, 1.54) is 10.5 Å². The predicted molar refractivity (Wildman–Crippen MR) is 108 cm³/mol. The number of benzene rings is 2. The molecule has 2 aliphatic rings. The van der Waals surface area contributed by atoms with Gasteiger partial charge < -0.3 is 0 Å². The zero-order chi connectivity index (χ0) is 17.9. The van der Waals surface area contributed by atoms with E-state index in [4.69, 9.17) is 11.6 Å². The van der Waals surface area contributed by atoms with Crippen molar-refractivity contribution in [3.8, 4) is 0 Å². The third-order valence-corrected chi connectivity index (χ3v) is 6.22. The summed E-state index contributed by atoms with van der Waals surface area (Å²) in [5.41, 5.74) is 5.59. The van der Waals surface area contributed by atoms with E-state index in [9.17, 15) is 4.79 Å². The summed E-state index contributed by atoms with van der Waals surface area (Å²) in [5.74, 6) is 1.85. The Bertz CT molecular complexity index is 859. The fraction of sp³-hybridized carbons (Fsp3) is 0.238. The van der Waals surface area contributed by atoms with Crippen LogP contribution in [0.5, 0.6) is 0 Å². The third-order valence-electron chi connectivity index (χ3n) is 4.88. The van der Waals surface area contributed by atoms with Crippen LogP contribution in [0.15, 0.2) is 70.7 Å². The highest BCUT2D eigenvalue weighted by Crippen LogP contribution is 2.40. The minimum absolute atomic E-state index is 0.153. The lowest BCUT2D eigenvalue weighted by Crippen LogP contribution is -2.35. The minimum Gasteiger partial charge on any atom is -0.267 e. The van der Waals surface area contributed by atoms with Gasteiger partial charge in [-0.1, -0.05) is 35.9 Å². The van der Waals surface area contributed by atoms with E-state index < -0.39 is 0 Å². The molecule has 0 aliphatic heterocycles. The van der Waals surface area contributed by atoms with Gasteiger partial charge in [0.05, 0.1) is 0 Å². The molecular weight excluding hydrogens is 364 g/mol. The first-order valence-electron chi connectivity index (χ1n) is 8.70. The van der Waals surface area contributed by atoms with Crippen molar-refractivity contribution in [2.24, 2.45) is 16.9 Å². The lowest BCUT2D eigenvalue weighted by Gasteiger charge is -2.31. The molecule has 2 aromatic carbocycles. The number of halogens is 1. The molecule has 0 spiro atoms. The second-order valence-electron chi connectivity index (χ2n) is 6.64. The second-order valence-corrected chi connectivity index (χ2v) is 8.12. The highest BCUT2D eigenvalue weighted by molar-refractivity contribution is 7.98. The molecule has 2 aromatic rings. The maximum atomic E-state index is 12.2. The first-order valence-corrected chi connectivity index (χ1v) is 10.1. The Morgan fingerprint density at radius 3 is 2.65 bits per heavy atom. The van der Waals surface area contributed by atoms with Gasteiger partial charge in [-0.3, -0.25) is 4.79 Å². The molecule has 1 N–H and O–H groups in total. The standard InChI is InChI=1S/C21H19ClN2OS/c22-17-8-10-18(11-9-17)26-13-14-4-6-15(7-5-14)21(25)24-23-20-12-16-2-1-3-19(16)20/h1,3-11,16,19H,2,12-13H2,(H,24,25)/b23-20-/t16-,19-/m0/s1. The van der Waals surface area contributed by atoms with Gasteiger partial charge in [-0.2, -0.15) is 5.10 Å². The van der Waals surface area contributed by atoms with Gasteiger partial charge in [0.25, 0.3) is 5.91 Å². The highest BCUT2D eigenvalue weighted by atomic mass is 35.5. The van der Waals surface area contributed by atoms with Crippen molar-refractivity contribution >= 4 is 35.0 Å². The molecule has 0 heterocycles. The smallest absolute Gasteiger partial charge is 0.267 e. The zero-order valence-electron chi connectivity index (χ0n) is 14.2. The lowest BCUT2D eigenvalue weighted by atomic mass is 9.74. The van der Waals surface area contributed by atoms with E-state index >= 15 is 0 Å². The first-order chi connectivity index (χ1) is 12.7. The SMILES string of the molecule is O=C(N/N=C1/C[C@@H]2CC=C[C@H]12)c1ccc(CSc2ccc(Cl)cc2)cc1. The molecule has 0 saturated heterocycles. The molecule has 0 bridgehead atoms. The van der Waals surface area contributed by atoms with Gasteiger partial charge in [0, 0.05) is 32.9 Å². The molecule has 3 nitrogen and oxygen atoms in total. The molecule has 0 radical (unpaired) electrons. The van der Waals surface area contributed by atoms with Crippen LogP contribution in [0.4, 0.5) is 0 Å². The van der Waals surface area contributed by atoms with E-state index in [-0.39, 0.29) is 5.91 Å². The van der Waals surface area contributed by atoms with Crippen LogP contribution >= 0.6 is 23.4 Å². The van der Waals surface area contributed by atoms with Crippen molar-refractivity contribution in [1.82, 2.24) is 5.43 Å². The van der Waals surface area contributed by atoms with Crippen LogP contribution < -0.4 is 5.43 Å². The highest BCUT2D eigenvalue weighted by Gasteiger charge is 2.37. The molecule has 2 aliphatic carbocycles. The summed E-state index contributed by atoms with van der Waals surface area (Å²) >= 11 is 7.64. The van der Waals surface area contributed by atoms with E-state index in [1.807, 2.05) is 48.5 Å². The molecule has 1 fully saturated rings. The summed E-state index contributed by atoms with van der Waals surface area (Å²) in [6, 6.07) is 15.5. The van der Waals surface area contributed by atoms with E-state index in [0.29, 0.717) is 17.4 Å². The Labute approximate surface area is 162 Å². The zero-order valence-corrected chi connectivity index (χ0v) is 15.8. The molecule has 4 rings (SSSR count). The topological polar surface area (TPSA) is 41.5 Å². The predicted octanol–water partition coefficient (Wildman–Crippen LogP) is 5.31. The molecule has 26 heavy (non-hydrogen) atoms. The number of amides is 1. The molecule has 1 saturated carbocycles. The second kappa shape index (κ2) is 7.68. The number of carbonyl (C=O) groups is 1. The maximum Gasteiger partial charge on any atom is 0.271 e. The van der Waals surface area contributed by atoms with Gasteiger partial charge in [0.15, 0.2) is 0 Å². The van der Waals surface area contributed by atoms with Crippen molar-refractivity contribution in [2.45, 2.75) is 23.5 Å². The third kappa shape index (κ3) is 3.87. The van der Waals surface area contributed by atoms with Crippen LogP contribution in [0.25, 0.3) is 0 Å². The Hall–Kier alpha value is -2.04. The van der Waals surface area contributed by atoms with Gasteiger partial charge in [0.1, 0.15) is 0 Å². The van der Waals surface area contributed by atoms with E-state index in [0.717, 1.165) is 29.3 Å².